The van der Waals surface area contributed by atoms with E-state index in [2.05, 4.69) is 15.3 Å². The van der Waals surface area contributed by atoms with E-state index in [1.54, 1.807) is 13.0 Å². The molecule has 0 aliphatic heterocycles. The summed E-state index contributed by atoms with van der Waals surface area (Å²) < 4.78 is 51.6. The number of fused-ring (bicyclic) bond motifs is 1. The Balaban J connectivity index is 1.43. The molecule has 0 saturated carbocycles. The second-order valence-corrected chi connectivity index (χ2v) is 8.72. The molecular weight excluding hydrogens is 550 g/mol. The van der Waals surface area contributed by atoms with Gasteiger partial charge in [0.05, 0.1) is 26.3 Å². The van der Waals surface area contributed by atoms with E-state index in [0.717, 1.165) is 6.07 Å². The number of hydrogen-bond acceptors (Lipinski definition) is 8. The molecule has 0 spiro atoms. The molecule has 5 rings (SSSR count). The average Bonchev–Trinajstić information content (AvgIpc) is 2.98. The van der Waals surface area contributed by atoms with Gasteiger partial charge in [-0.2, -0.15) is 0 Å². The number of carbonyl (C=O) groups excluding carboxylic acids is 1. The van der Waals surface area contributed by atoms with E-state index < -0.39 is 23.1 Å². The second-order valence-electron chi connectivity index (χ2n) is 8.72. The number of pyridine rings is 3. The molecule has 0 fully saturated rings. The number of hydrogen-bond donors (Lipinski definition) is 1. The fourth-order valence-corrected chi connectivity index (χ4v) is 4.17. The molecule has 10 nitrogen and oxygen atoms in total. The molecule has 3 aromatic heterocycles. The molecule has 5 aromatic rings. The number of benzene rings is 2. The van der Waals surface area contributed by atoms with Crippen LogP contribution in [-0.4, -0.2) is 41.3 Å². The maximum Gasteiger partial charge on any atom is 0.271 e. The average molecular weight is 575 g/mol. The van der Waals surface area contributed by atoms with E-state index in [-0.39, 0.29) is 41.0 Å². The first kappa shape index (κ1) is 28.0. The van der Waals surface area contributed by atoms with Crippen LogP contribution < -0.4 is 29.8 Å². The van der Waals surface area contributed by atoms with Crippen LogP contribution in [0.25, 0.3) is 16.7 Å². The van der Waals surface area contributed by atoms with Gasteiger partial charge in [-0.15, -0.1) is 0 Å². The van der Waals surface area contributed by atoms with Crippen molar-refractivity contribution in [3.05, 3.63) is 101 Å². The number of rotatable bonds is 9. The lowest BCUT2D eigenvalue weighted by Crippen LogP contribution is -2.29. The number of methoxy groups -OCH3 is 2. The molecule has 0 radical (unpaired) electrons. The molecular formula is C30H24F2N4O6. The summed E-state index contributed by atoms with van der Waals surface area (Å²) in [6, 6.07) is 13.6. The third kappa shape index (κ3) is 5.55. The maximum atomic E-state index is 15.2. The summed E-state index contributed by atoms with van der Waals surface area (Å²) in [7, 11) is 2.91. The maximum absolute atomic E-state index is 15.2. The molecule has 0 saturated heterocycles. The first-order valence-corrected chi connectivity index (χ1v) is 12.6. The van der Waals surface area contributed by atoms with Gasteiger partial charge in [0.2, 0.25) is 0 Å². The number of aromatic nitrogens is 3. The van der Waals surface area contributed by atoms with Crippen LogP contribution in [0.5, 0.6) is 28.9 Å². The van der Waals surface area contributed by atoms with E-state index in [1.807, 2.05) is 0 Å². The van der Waals surface area contributed by atoms with Crippen LogP contribution in [0, 0.1) is 11.6 Å². The van der Waals surface area contributed by atoms with Crippen LogP contribution >= 0.6 is 0 Å². The van der Waals surface area contributed by atoms with Gasteiger partial charge in [-0.05, 0) is 49.4 Å². The van der Waals surface area contributed by atoms with Crippen molar-refractivity contribution in [3.63, 3.8) is 0 Å². The highest BCUT2D eigenvalue weighted by Gasteiger charge is 2.21. The van der Waals surface area contributed by atoms with E-state index in [9.17, 15) is 14.0 Å². The fourth-order valence-electron chi connectivity index (χ4n) is 4.17. The predicted octanol–water partition coefficient (Wildman–Crippen LogP) is 5.52. The molecule has 42 heavy (non-hydrogen) atoms. The van der Waals surface area contributed by atoms with Gasteiger partial charge in [-0.1, -0.05) is 0 Å². The minimum atomic E-state index is -0.821. The number of carbonyl (C=O) groups is 1. The standard InChI is InChI=1S/C30H24F2N4O6/c1-4-41-23-12-14-36(19-8-5-17(31)6-9-19)30(38)26(23)28(37)34-18-7-10-22(20(32)15-18)42-24-11-13-33-21-16-25(39-2)29(40-3)35-27(21)24/h5-16H,4H2,1-3H3,(H,34,37). The van der Waals surface area contributed by atoms with Crippen LogP contribution in [0.4, 0.5) is 14.5 Å². The monoisotopic (exact) mass is 574 g/mol. The Morgan fingerprint density at radius 3 is 2.40 bits per heavy atom. The summed E-state index contributed by atoms with van der Waals surface area (Å²) >= 11 is 0. The number of ether oxygens (including phenoxy) is 4. The Morgan fingerprint density at radius 1 is 0.929 bits per heavy atom. The van der Waals surface area contributed by atoms with Gasteiger partial charge in [0.15, 0.2) is 23.1 Å². The smallest absolute Gasteiger partial charge is 0.271 e. The third-order valence-corrected chi connectivity index (χ3v) is 6.12. The molecule has 0 bridgehead atoms. The zero-order valence-electron chi connectivity index (χ0n) is 22.7. The van der Waals surface area contributed by atoms with Gasteiger partial charge < -0.3 is 24.3 Å². The SMILES string of the molecule is CCOc1ccn(-c2ccc(F)cc2)c(=O)c1C(=O)Nc1ccc(Oc2ccnc3cc(OC)c(OC)nc23)c(F)c1. The van der Waals surface area contributed by atoms with Crippen molar-refractivity contribution < 1.29 is 32.5 Å². The minimum absolute atomic E-state index is 0.0444. The van der Waals surface area contributed by atoms with Crippen molar-refractivity contribution in [2.75, 3.05) is 26.1 Å². The summed E-state index contributed by atoms with van der Waals surface area (Å²) in [6.45, 7) is 1.90. The van der Waals surface area contributed by atoms with Gasteiger partial charge in [-0.25, -0.2) is 13.8 Å². The lowest BCUT2D eigenvalue weighted by molar-refractivity contribution is 0.102. The molecule has 0 aliphatic rings. The Labute approximate surface area is 238 Å². The molecule has 1 amide bonds. The van der Waals surface area contributed by atoms with Crippen LogP contribution in [0.15, 0.2) is 77.9 Å². The van der Waals surface area contributed by atoms with Crippen molar-refractivity contribution in [2.24, 2.45) is 0 Å². The second kappa shape index (κ2) is 11.9. The topological polar surface area (TPSA) is 114 Å². The highest BCUT2D eigenvalue weighted by atomic mass is 19.1. The van der Waals surface area contributed by atoms with E-state index in [4.69, 9.17) is 18.9 Å². The quantitative estimate of drug-likeness (QED) is 0.245. The largest absolute Gasteiger partial charge is 0.493 e. The summed E-state index contributed by atoms with van der Waals surface area (Å²) in [5, 5.41) is 2.53. The zero-order valence-corrected chi connectivity index (χ0v) is 22.7. The number of nitrogens with zero attached hydrogens (tertiary/aromatic N) is 3. The first-order chi connectivity index (χ1) is 20.3. The van der Waals surface area contributed by atoms with Gasteiger partial charge in [0.1, 0.15) is 22.6 Å². The van der Waals surface area contributed by atoms with E-state index in [0.29, 0.717) is 22.5 Å². The van der Waals surface area contributed by atoms with E-state index in [1.165, 1.54) is 79.7 Å². The highest BCUT2D eigenvalue weighted by molar-refractivity contribution is 6.06. The minimum Gasteiger partial charge on any atom is -0.493 e. The van der Waals surface area contributed by atoms with Crippen LogP contribution in [0.3, 0.4) is 0 Å². The number of anilines is 1. The fraction of sp³-hybridized carbons (Fsp3) is 0.133. The molecule has 0 unspecified atom stereocenters. The molecule has 3 heterocycles. The Hall–Kier alpha value is -5.52. The van der Waals surface area contributed by atoms with Crippen LogP contribution in [-0.2, 0) is 0 Å². The van der Waals surface area contributed by atoms with Crippen molar-refractivity contribution in [1.82, 2.24) is 14.5 Å². The van der Waals surface area contributed by atoms with Gasteiger partial charge in [0.25, 0.3) is 17.3 Å². The summed E-state index contributed by atoms with van der Waals surface area (Å²) in [5.74, 6) is -1.41. The summed E-state index contributed by atoms with van der Waals surface area (Å²) in [6.07, 6.45) is 2.90. The highest BCUT2D eigenvalue weighted by Crippen LogP contribution is 2.35. The lowest BCUT2D eigenvalue weighted by Gasteiger charge is -2.14. The molecule has 12 heteroatoms. The summed E-state index contributed by atoms with van der Waals surface area (Å²) in [5.41, 5.74) is 0.163. The van der Waals surface area contributed by atoms with Crippen molar-refractivity contribution >= 4 is 22.6 Å². The van der Waals surface area contributed by atoms with Crippen LogP contribution in [0.2, 0.25) is 0 Å². The zero-order chi connectivity index (χ0) is 29.8. The van der Waals surface area contributed by atoms with Crippen molar-refractivity contribution in [3.8, 4) is 34.6 Å². The van der Waals surface area contributed by atoms with Gasteiger partial charge in [-0.3, -0.25) is 19.1 Å². The third-order valence-electron chi connectivity index (χ3n) is 6.12. The number of nitrogens with one attached hydrogen (secondary N) is 1. The predicted molar refractivity (Wildman–Crippen MR) is 150 cm³/mol. The molecule has 2 aromatic carbocycles. The molecule has 0 aliphatic carbocycles. The van der Waals surface area contributed by atoms with Crippen molar-refractivity contribution in [2.45, 2.75) is 6.92 Å². The summed E-state index contributed by atoms with van der Waals surface area (Å²) in [4.78, 5) is 35.2. The Kier molecular flexibility index (Phi) is 7.96. The molecule has 214 valence electrons. The molecule has 0 atom stereocenters. The first-order valence-electron chi connectivity index (χ1n) is 12.6. The molecule has 1 N–H and O–H groups in total. The van der Waals surface area contributed by atoms with Gasteiger partial charge in [0, 0.05) is 42.0 Å². The Morgan fingerprint density at radius 2 is 1.71 bits per heavy atom. The van der Waals surface area contributed by atoms with Gasteiger partial charge >= 0.3 is 0 Å². The van der Waals surface area contributed by atoms with E-state index >= 15 is 4.39 Å². The number of amides is 1. The van der Waals surface area contributed by atoms with Crippen LogP contribution in [0.1, 0.15) is 17.3 Å². The number of halogens is 2. The Bertz CT molecular complexity index is 1840. The van der Waals surface area contributed by atoms with Crippen molar-refractivity contribution in [1.29, 1.82) is 0 Å². The normalized spacial score (nSPS) is 10.8. The lowest BCUT2D eigenvalue weighted by atomic mass is 10.2.